The first-order valence-corrected chi connectivity index (χ1v) is 6.48. The first-order valence-electron chi connectivity index (χ1n) is 6.48. The average molecular weight is 349 g/mol. The second-order valence-electron chi connectivity index (χ2n) is 4.55. The highest BCUT2D eigenvalue weighted by Gasteiger charge is 2.27. The van der Waals surface area contributed by atoms with Gasteiger partial charge in [-0.2, -0.15) is 0 Å². The number of halogens is 1. The number of carboxylic acids is 1. The van der Waals surface area contributed by atoms with Gasteiger partial charge in [0.2, 0.25) is 0 Å². The van der Waals surface area contributed by atoms with Gasteiger partial charge in [0.25, 0.3) is 0 Å². The Labute approximate surface area is 137 Å². The Morgan fingerprint density at radius 1 is 1.26 bits per heavy atom. The minimum absolute atomic E-state index is 0. The van der Waals surface area contributed by atoms with Crippen LogP contribution in [-0.4, -0.2) is 33.5 Å². The molecular weight excluding hydrogens is 332 g/mol. The number of nitro benzene ring substituents is 2. The summed E-state index contributed by atoms with van der Waals surface area (Å²) in [6.45, 7) is 0.314. The molecule has 1 atom stereocenters. The van der Waals surface area contributed by atoms with Crippen LogP contribution in [0.4, 0.5) is 17.1 Å². The van der Waals surface area contributed by atoms with Gasteiger partial charge in [0.05, 0.1) is 9.85 Å². The quantitative estimate of drug-likeness (QED) is 0.346. The Morgan fingerprint density at radius 2 is 1.91 bits per heavy atom. The predicted octanol–water partition coefficient (Wildman–Crippen LogP) is 1.92. The van der Waals surface area contributed by atoms with Crippen molar-refractivity contribution in [3.63, 3.8) is 0 Å². The zero-order valence-corrected chi connectivity index (χ0v) is 12.8. The van der Waals surface area contributed by atoms with E-state index in [1.807, 2.05) is 0 Å². The van der Waals surface area contributed by atoms with Gasteiger partial charge >= 0.3 is 17.3 Å². The molecule has 0 saturated carbocycles. The van der Waals surface area contributed by atoms with Crippen molar-refractivity contribution in [2.45, 2.75) is 25.3 Å². The Bertz CT molecular complexity index is 583. The van der Waals surface area contributed by atoms with Crippen LogP contribution in [0.5, 0.6) is 0 Å². The molecule has 0 fully saturated rings. The maximum absolute atomic E-state index is 11.0. The first kappa shape index (κ1) is 20.5. The van der Waals surface area contributed by atoms with Gasteiger partial charge in [-0.05, 0) is 25.3 Å². The van der Waals surface area contributed by atoms with E-state index in [4.69, 9.17) is 10.8 Å². The van der Waals surface area contributed by atoms with E-state index in [1.165, 1.54) is 12.1 Å². The fourth-order valence-electron chi connectivity index (χ4n) is 1.85. The Balaban J connectivity index is 0.00000484. The summed E-state index contributed by atoms with van der Waals surface area (Å²) in [4.78, 5) is 30.7. The van der Waals surface area contributed by atoms with Crippen LogP contribution in [0.1, 0.15) is 19.3 Å². The molecule has 1 aromatic carbocycles. The Hall–Kier alpha value is -2.46. The van der Waals surface area contributed by atoms with Crippen LogP contribution in [0, 0.1) is 20.2 Å². The fourth-order valence-corrected chi connectivity index (χ4v) is 1.85. The molecule has 10 nitrogen and oxygen atoms in total. The summed E-state index contributed by atoms with van der Waals surface area (Å²) in [6, 6.07) is 2.86. The van der Waals surface area contributed by atoms with Crippen molar-refractivity contribution in [3.8, 4) is 0 Å². The van der Waals surface area contributed by atoms with Gasteiger partial charge < -0.3 is 16.2 Å². The van der Waals surface area contributed by atoms with Gasteiger partial charge in [0.15, 0.2) is 0 Å². The van der Waals surface area contributed by atoms with E-state index in [9.17, 15) is 25.0 Å². The number of benzene rings is 1. The maximum Gasteiger partial charge on any atom is 0.368 e. The van der Waals surface area contributed by atoms with Crippen LogP contribution in [0.25, 0.3) is 0 Å². The molecule has 4 N–H and O–H groups in total. The number of carbonyl (C=O) groups is 1. The molecule has 128 valence electrons. The lowest BCUT2D eigenvalue weighted by Crippen LogP contribution is -2.29. The molecule has 1 aromatic rings. The van der Waals surface area contributed by atoms with Crippen molar-refractivity contribution in [2.24, 2.45) is 5.73 Å². The Kier molecular flexibility index (Phi) is 8.52. The van der Waals surface area contributed by atoms with Gasteiger partial charge in [0, 0.05) is 12.6 Å². The number of anilines is 1. The van der Waals surface area contributed by atoms with Crippen molar-refractivity contribution in [3.05, 3.63) is 38.4 Å². The van der Waals surface area contributed by atoms with Crippen molar-refractivity contribution in [2.75, 3.05) is 11.9 Å². The second kappa shape index (κ2) is 9.54. The van der Waals surface area contributed by atoms with Gasteiger partial charge in [-0.3, -0.25) is 25.0 Å². The number of nitrogens with zero attached hydrogens (tertiary/aromatic N) is 2. The number of hydrogen-bond donors (Lipinski definition) is 3. The second-order valence-corrected chi connectivity index (χ2v) is 4.55. The third kappa shape index (κ3) is 6.04. The summed E-state index contributed by atoms with van der Waals surface area (Å²) in [5.74, 6) is -1.08. The predicted molar refractivity (Wildman–Crippen MR) is 85.0 cm³/mol. The van der Waals surface area contributed by atoms with Crippen molar-refractivity contribution < 1.29 is 19.7 Å². The van der Waals surface area contributed by atoms with E-state index in [0.29, 0.717) is 19.4 Å². The topological polar surface area (TPSA) is 162 Å². The molecule has 23 heavy (non-hydrogen) atoms. The van der Waals surface area contributed by atoms with Crippen LogP contribution >= 0.6 is 12.4 Å². The lowest BCUT2D eigenvalue weighted by Gasteiger charge is -2.08. The molecule has 0 bridgehead atoms. The van der Waals surface area contributed by atoms with E-state index in [0.717, 1.165) is 6.07 Å². The monoisotopic (exact) mass is 348 g/mol. The maximum atomic E-state index is 11.0. The number of nitrogens with one attached hydrogen (secondary N) is 1. The highest BCUT2D eigenvalue weighted by atomic mass is 35.5. The Morgan fingerprint density at radius 3 is 2.43 bits per heavy atom. The number of carboxylic acid groups (broad SMARTS) is 1. The van der Waals surface area contributed by atoms with Crippen LogP contribution in [0.15, 0.2) is 18.2 Å². The summed E-state index contributed by atoms with van der Waals surface area (Å²) in [5, 5.41) is 33.2. The molecule has 0 aliphatic heterocycles. The van der Waals surface area contributed by atoms with Gasteiger partial charge in [-0.1, -0.05) is 6.07 Å². The minimum atomic E-state index is -1.08. The highest BCUT2D eigenvalue weighted by Crippen LogP contribution is 2.34. The summed E-state index contributed by atoms with van der Waals surface area (Å²) >= 11 is 0. The van der Waals surface area contributed by atoms with E-state index >= 15 is 0 Å². The number of nitrogens with two attached hydrogens (primary N) is 1. The standard InChI is InChI=1S/C12H16N4O6.ClH/c13-8(12(17)18)4-1-2-7-14-9-5-3-6-10(15(19)20)11(9)16(21)22;/h3,5-6,8,14H,1-2,4,7,13H2,(H,17,18);1H/t8-;/m0./s1. The van der Waals surface area contributed by atoms with E-state index < -0.39 is 33.2 Å². The number of hydrogen-bond acceptors (Lipinski definition) is 7. The molecule has 0 spiro atoms. The number of para-hydroxylation sites is 1. The van der Waals surface area contributed by atoms with Crippen molar-refractivity contribution in [1.29, 1.82) is 0 Å². The normalized spacial score (nSPS) is 11.2. The van der Waals surface area contributed by atoms with Crippen molar-refractivity contribution >= 4 is 35.4 Å². The SMILES string of the molecule is Cl.N[C@@H](CCCCNc1cccc([N+](=O)[O-])c1[N+](=O)[O-])C(=O)O. The molecule has 0 radical (unpaired) electrons. The molecule has 0 unspecified atom stereocenters. The third-order valence-electron chi connectivity index (χ3n) is 2.97. The fraction of sp³-hybridized carbons (Fsp3) is 0.417. The van der Waals surface area contributed by atoms with Crippen LogP contribution in [-0.2, 0) is 4.79 Å². The minimum Gasteiger partial charge on any atom is -0.480 e. The number of rotatable bonds is 9. The third-order valence-corrected chi connectivity index (χ3v) is 2.97. The molecule has 0 aliphatic rings. The molecule has 0 aromatic heterocycles. The van der Waals surface area contributed by atoms with Gasteiger partial charge in [-0.15, -0.1) is 12.4 Å². The number of nitro groups is 2. The lowest BCUT2D eigenvalue weighted by molar-refractivity contribution is -0.421. The molecule has 0 saturated heterocycles. The van der Waals surface area contributed by atoms with E-state index in [2.05, 4.69) is 5.32 Å². The average Bonchev–Trinajstić information content (AvgIpc) is 2.45. The molecule has 11 heteroatoms. The smallest absolute Gasteiger partial charge is 0.368 e. The van der Waals surface area contributed by atoms with Crippen molar-refractivity contribution in [1.82, 2.24) is 0 Å². The van der Waals surface area contributed by atoms with Crippen LogP contribution in [0.3, 0.4) is 0 Å². The van der Waals surface area contributed by atoms with Gasteiger partial charge in [-0.25, -0.2) is 0 Å². The molecule has 0 heterocycles. The molecule has 0 aliphatic carbocycles. The zero-order valence-electron chi connectivity index (χ0n) is 12.0. The van der Waals surface area contributed by atoms with Crippen LogP contribution in [0.2, 0.25) is 0 Å². The summed E-state index contributed by atoms with van der Waals surface area (Å²) in [5.41, 5.74) is 4.23. The van der Waals surface area contributed by atoms with E-state index in [-0.39, 0.29) is 24.5 Å². The number of aliphatic carboxylic acids is 1. The lowest BCUT2D eigenvalue weighted by atomic mass is 10.1. The summed E-state index contributed by atoms with van der Waals surface area (Å²) in [6.07, 6.45) is 1.33. The molecule has 1 rings (SSSR count). The van der Waals surface area contributed by atoms with Gasteiger partial charge in [0.1, 0.15) is 11.7 Å². The van der Waals surface area contributed by atoms with E-state index in [1.54, 1.807) is 0 Å². The molecular formula is C12H17ClN4O6. The van der Waals surface area contributed by atoms with Crippen LogP contribution < -0.4 is 11.1 Å². The largest absolute Gasteiger partial charge is 0.480 e. The number of unbranched alkanes of at least 4 members (excludes halogenated alkanes) is 1. The zero-order chi connectivity index (χ0) is 16.7. The molecule has 0 amide bonds. The highest BCUT2D eigenvalue weighted by molar-refractivity contribution is 5.85. The summed E-state index contributed by atoms with van der Waals surface area (Å²) in [7, 11) is 0. The first-order chi connectivity index (χ1) is 10.3. The summed E-state index contributed by atoms with van der Waals surface area (Å²) < 4.78 is 0.